The van der Waals surface area contributed by atoms with Gasteiger partial charge < -0.3 is 10.5 Å². The number of aromatic nitrogens is 1. The van der Waals surface area contributed by atoms with Crippen molar-refractivity contribution in [2.75, 3.05) is 12.3 Å². The van der Waals surface area contributed by atoms with E-state index in [0.717, 1.165) is 6.07 Å². The van der Waals surface area contributed by atoms with Gasteiger partial charge in [0, 0.05) is 11.1 Å². The summed E-state index contributed by atoms with van der Waals surface area (Å²) in [5, 5.41) is 0. The van der Waals surface area contributed by atoms with Crippen molar-refractivity contribution >= 4 is 23.4 Å². The van der Waals surface area contributed by atoms with E-state index in [-0.39, 0.29) is 29.6 Å². The Morgan fingerprint density at radius 2 is 2.29 bits per heavy atom. The van der Waals surface area contributed by atoms with Crippen LogP contribution in [0, 0.1) is 0 Å². The molecule has 0 unspecified atom stereocenters. The zero-order chi connectivity index (χ0) is 13.0. The summed E-state index contributed by atoms with van der Waals surface area (Å²) in [6.07, 6.45) is -2.78. The van der Waals surface area contributed by atoms with Crippen molar-refractivity contribution < 1.29 is 18.3 Å². The molecule has 1 aromatic heterocycles. The van der Waals surface area contributed by atoms with Crippen LogP contribution in [-0.4, -0.2) is 17.6 Å². The van der Waals surface area contributed by atoms with Crippen molar-refractivity contribution in [1.82, 2.24) is 4.98 Å². The minimum absolute atomic E-state index is 0.0368. The number of nitrogens with zero attached hydrogens (tertiary/aromatic N) is 1. The van der Waals surface area contributed by atoms with Gasteiger partial charge in [-0.15, -0.1) is 11.6 Å². The van der Waals surface area contributed by atoms with E-state index in [4.69, 9.17) is 17.3 Å². The molecule has 0 fully saturated rings. The highest BCUT2D eigenvalue weighted by atomic mass is 35.5. The number of carbonyl (C=O) groups excluding carboxylic acids is 1. The van der Waals surface area contributed by atoms with Crippen LogP contribution in [0.15, 0.2) is 6.07 Å². The first-order chi connectivity index (χ1) is 8.01. The maximum atomic E-state index is 12.7. The molecular weight excluding hydrogens is 254 g/mol. The zero-order valence-electron chi connectivity index (χ0n) is 9.04. The number of rotatable bonds is 4. The molecule has 1 rings (SSSR count). The van der Waals surface area contributed by atoms with Crippen LogP contribution in [0.3, 0.4) is 0 Å². The quantitative estimate of drug-likeness (QED) is 0.670. The van der Waals surface area contributed by atoms with E-state index >= 15 is 0 Å². The maximum absolute atomic E-state index is 12.7. The molecule has 0 aromatic carbocycles. The number of carbonyl (C=O) groups is 1. The number of hydrogen-bond acceptors (Lipinski definition) is 4. The molecule has 0 saturated carbocycles. The molecule has 0 saturated heterocycles. The number of hydrogen-bond donors (Lipinski definition) is 1. The summed E-state index contributed by atoms with van der Waals surface area (Å²) in [4.78, 5) is 15.0. The van der Waals surface area contributed by atoms with Crippen LogP contribution in [-0.2, 0) is 10.6 Å². The van der Waals surface area contributed by atoms with Gasteiger partial charge in [0.25, 0.3) is 6.43 Å². The Morgan fingerprint density at radius 3 is 2.76 bits per heavy atom. The van der Waals surface area contributed by atoms with Gasteiger partial charge in [0.05, 0.1) is 12.5 Å². The highest BCUT2D eigenvalue weighted by Gasteiger charge is 2.20. The molecule has 0 amide bonds. The van der Waals surface area contributed by atoms with E-state index in [1.54, 1.807) is 6.92 Å². The summed E-state index contributed by atoms with van der Waals surface area (Å²) in [6, 6.07) is 0.955. The van der Waals surface area contributed by atoms with Crippen LogP contribution < -0.4 is 5.73 Å². The first kappa shape index (κ1) is 13.6. The van der Waals surface area contributed by atoms with Crippen molar-refractivity contribution in [3.05, 3.63) is 22.9 Å². The lowest BCUT2D eigenvalue weighted by molar-refractivity contribution is 0.0519. The molecule has 0 radical (unpaired) electrons. The normalized spacial score (nSPS) is 10.6. The Kier molecular flexibility index (Phi) is 4.62. The van der Waals surface area contributed by atoms with Crippen LogP contribution in [0.1, 0.15) is 35.0 Å². The van der Waals surface area contributed by atoms with E-state index in [1.807, 2.05) is 0 Å². The third-order valence-corrected chi connectivity index (χ3v) is 2.31. The second kappa shape index (κ2) is 5.77. The topological polar surface area (TPSA) is 65.2 Å². The number of pyridine rings is 1. The van der Waals surface area contributed by atoms with E-state index in [9.17, 15) is 13.6 Å². The second-order valence-electron chi connectivity index (χ2n) is 3.12. The predicted molar refractivity (Wildman–Crippen MR) is 59.1 cm³/mol. The van der Waals surface area contributed by atoms with Gasteiger partial charge in [0.1, 0.15) is 5.82 Å². The number of alkyl halides is 3. The minimum atomic E-state index is -2.78. The van der Waals surface area contributed by atoms with Gasteiger partial charge >= 0.3 is 5.97 Å². The zero-order valence-corrected chi connectivity index (χ0v) is 9.80. The van der Waals surface area contributed by atoms with E-state index < -0.39 is 18.0 Å². The molecule has 2 N–H and O–H groups in total. The lowest BCUT2D eigenvalue weighted by atomic mass is 10.1. The Labute approximate surface area is 102 Å². The van der Waals surface area contributed by atoms with Crippen LogP contribution in [0.5, 0.6) is 0 Å². The van der Waals surface area contributed by atoms with E-state index in [2.05, 4.69) is 9.72 Å². The molecule has 0 atom stereocenters. The van der Waals surface area contributed by atoms with Crippen LogP contribution in [0.25, 0.3) is 0 Å². The summed E-state index contributed by atoms with van der Waals surface area (Å²) in [6.45, 7) is 1.73. The molecule has 0 aliphatic rings. The Balaban J connectivity index is 3.24. The van der Waals surface area contributed by atoms with Gasteiger partial charge in [-0.1, -0.05) is 0 Å². The van der Waals surface area contributed by atoms with Gasteiger partial charge in [-0.25, -0.2) is 18.6 Å². The second-order valence-corrected chi connectivity index (χ2v) is 3.38. The Hall–Kier alpha value is -1.43. The monoisotopic (exact) mass is 264 g/mol. The van der Waals surface area contributed by atoms with Crippen molar-refractivity contribution in [2.24, 2.45) is 0 Å². The summed E-state index contributed by atoms with van der Waals surface area (Å²) < 4.78 is 30.1. The smallest absolute Gasteiger partial charge is 0.357 e. The van der Waals surface area contributed by atoms with E-state index in [0.29, 0.717) is 0 Å². The molecule has 0 spiro atoms. The molecule has 0 aliphatic carbocycles. The first-order valence-corrected chi connectivity index (χ1v) is 5.35. The lowest BCUT2D eigenvalue weighted by Gasteiger charge is -2.10. The molecule has 0 bridgehead atoms. The highest BCUT2D eigenvalue weighted by molar-refractivity contribution is 6.17. The Morgan fingerprint density at radius 1 is 1.65 bits per heavy atom. The summed E-state index contributed by atoms with van der Waals surface area (Å²) in [7, 11) is 0. The van der Waals surface area contributed by atoms with Gasteiger partial charge in [0.2, 0.25) is 0 Å². The summed E-state index contributed by atoms with van der Waals surface area (Å²) >= 11 is 5.50. The van der Waals surface area contributed by atoms with E-state index in [1.165, 1.54) is 0 Å². The number of ether oxygens (including phenoxy) is 1. The molecule has 17 heavy (non-hydrogen) atoms. The lowest BCUT2D eigenvalue weighted by Crippen LogP contribution is -2.12. The van der Waals surface area contributed by atoms with Gasteiger partial charge in [-0.05, 0) is 13.0 Å². The molecule has 94 valence electrons. The molecule has 7 heteroatoms. The SMILES string of the molecule is CCOC(=O)c1cc(C(F)F)c(CCl)c(N)n1. The van der Waals surface area contributed by atoms with Crippen molar-refractivity contribution in [2.45, 2.75) is 19.2 Å². The molecule has 0 aliphatic heterocycles. The minimum Gasteiger partial charge on any atom is -0.461 e. The number of nitrogen functional groups attached to an aromatic ring is 1. The maximum Gasteiger partial charge on any atom is 0.357 e. The number of esters is 1. The van der Waals surface area contributed by atoms with Gasteiger partial charge in [-0.3, -0.25) is 0 Å². The Bertz CT molecular complexity index is 427. The fourth-order valence-electron chi connectivity index (χ4n) is 1.26. The molecule has 1 heterocycles. The van der Waals surface area contributed by atoms with Gasteiger partial charge in [0.15, 0.2) is 5.69 Å². The standard InChI is InChI=1S/C10H11ClF2N2O2/c1-2-17-10(16)7-3-5(8(12)13)6(4-11)9(14)15-7/h3,8H,2,4H2,1H3,(H2,14,15). The largest absolute Gasteiger partial charge is 0.461 e. The van der Waals surface area contributed by atoms with Crippen LogP contribution in [0.2, 0.25) is 0 Å². The van der Waals surface area contributed by atoms with Crippen molar-refractivity contribution in [3.8, 4) is 0 Å². The molecule has 1 aromatic rings. The van der Waals surface area contributed by atoms with Crippen molar-refractivity contribution in [3.63, 3.8) is 0 Å². The van der Waals surface area contributed by atoms with Crippen LogP contribution >= 0.6 is 11.6 Å². The fourth-order valence-corrected chi connectivity index (χ4v) is 1.55. The average molecular weight is 265 g/mol. The van der Waals surface area contributed by atoms with Gasteiger partial charge in [-0.2, -0.15) is 0 Å². The predicted octanol–water partition coefficient (Wildman–Crippen LogP) is 2.52. The van der Waals surface area contributed by atoms with Crippen LogP contribution in [0.4, 0.5) is 14.6 Å². The molecule has 4 nitrogen and oxygen atoms in total. The first-order valence-electron chi connectivity index (χ1n) is 4.81. The fraction of sp³-hybridized carbons (Fsp3) is 0.400. The molecular formula is C10H11ClF2N2O2. The summed E-state index contributed by atoms with van der Waals surface area (Å²) in [5.74, 6) is -1.16. The number of halogens is 3. The third kappa shape index (κ3) is 3.03. The summed E-state index contributed by atoms with van der Waals surface area (Å²) in [5.41, 5.74) is 4.87. The number of nitrogens with two attached hydrogens (primary N) is 1. The highest BCUT2D eigenvalue weighted by Crippen LogP contribution is 2.28. The average Bonchev–Trinajstić information content (AvgIpc) is 2.28. The van der Waals surface area contributed by atoms with Crippen molar-refractivity contribution in [1.29, 1.82) is 0 Å². The number of anilines is 1. The third-order valence-electron chi connectivity index (χ3n) is 2.04.